The van der Waals surface area contributed by atoms with Crippen molar-refractivity contribution >= 4 is 23.1 Å². The first-order valence-electron chi connectivity index (χ1n) is 7.09. The molecule has 0 aliphatic rings. The highest BCUT2D eigenvalue weighted by molar-refractivity contribution is 7.80. The molecule has 0 heterocycles. The van der Waals surface area contributed by atoms with Crippen LogP contribution in [0.4, 0.5) is 0 Å². The van der Waals surface area contributed by atoms with E-state index in [1.807, 2.05) is 29.2 Å². The Kier molecular flexibility index (Phi) is 7.32. The quantitative estimate of drug-likeness (QED) is 0.746. The standard InChI is InChI=1S/C16H24N2O2S/c1-12(2)11-18(8-9-20-3)15(19)10-13-4-6-14(7-5-13)16(17)21/h4-7,12H,8-11H2,1-3H3,(H2,17,21). The van der Waals surface area contributed by atoms with Crippen LogP contribution in [0.5, 0.6) is 0 Å². The smallest absolute Gasteiger partial charge is 0.227 e. The van der Waals surface area contributed by atoms with E-state index in [0.717, 1.165) is 17.7 Å². The summed E-state index contributed by atoms with van der Waals surface area (Å²) in [6.45, 7) is 6.12. The Morgan fingerprint density at radius 1 is 1.33 bits per heavy atom. The molecule has 1 rings (SSSR count). The van der Waals surface area contributed by atoms with Crippen molar-refractivity contribution in [2.45, 2.75) is 20.3 Å². The first-order chi connectivity index (χ1) is 9.93. The first kappa shape index (κ1) is 17.6. The number of nitrogens with zero attached hydrogens (tertiary/aromatic N) is 1. The SMILES string of the molecule is COCCN(CC(C)C)C(=O)Cc1ccc(C(N)=S)cc1. The molecular formula is C16H24N2O2S. The Bertz CT molecular complexity index is 472. The van der Waals surface area contributed by atoms with Gasteiger partial charge in [-0.3, -0.25) is 4.79 Å². The predicted molar refractivity (Wildman–Crippen MR) is 89.3 cm³/mol. The molecule has 0 aromatic heterocycles. The first-order valence-corrected chi connectivity index (χ1v) is 7.50. The number of benzene rings is 1. The highest BCUT2D eigenvalue weighted by Crippen LogP contribution is 2.08. The average Bonchev–Trinajstić information content (AvgIpc) is 2.43. The molecule has 0 fully saturated rings. The molecule has 0 saturated carbocycles. The third kappa shape index (κ3) is 6.23. The second-order valence-electron chi connectivity index (χ2n) is 5.46. The van der Waals surface area contributed by atoms with Crippen molar-refractivity contribution in [3.05, 3.63) is 35.4 Å². The lowest BCUT2D eigenvalue weighted by Gasteiger charge is -2.24. The second-order valence-corrected chi connectivity index (χ2v) is 5.90. The summed E-state index contributed by atoms with van der Waals surface area (Å²) in [6.07, 6.45) is 0.383. The third-order valence-electron chi connectivity index (χ3n) is 3.10. The minimum Gasteiger partial charge on any atom is -0.389 e. The van der Waals surface area contributed by atoms with Crippen LogP contribution in [0.2, 0.25) is 0 Å². The second kappa shape index (κ2) is 8.74. The van der Waals surface area contributed by atoms with Crippen molar-refractivity contribution in [3.8, 4) is 0 Å². The monoisotopic (exact) mass is 308 g/mol. The van der Waals surface area contributed by atoms with Gasteiger partial charge in [0, 0.05) is 25.8 Å². The lowest BCUT2D eigenvalue weighted by Crippen LogP contribution is -2.37. The number of ether oxygens (including phenoxy) is 1. The summed E-state index contributed by atoms with van der Waals surface area (Å²) < 4.78 is 5.07. The molecule has 2 N–H and O–H groups in total. The van der Waals surface area contributed by atoms with Crippen LogP contribution in [0.1, 0.15) is 25.0 Å². The maximum atomic E-state index is 12.4. The van der Waals surface area contributed by atoms with E-state index in [0.29, 0.717) is 30.5 Å². The van der Waals surface area contributed by atoms with E-state index in [-0.39, 0.29) is 5.91 Å². The molecule has 0 bridgehead atoms. The van der Waals surface area contributed by atoms with E-state index >= 15 is 0 Å². The van der Waals surface area contributed by atoms with Gasteiger partial charge in [0.2, 0.25) is 5.91 Å². The number of carbonyl (C=O) groups excluding carboxylic acids is 1. The van der Waals surface area contributed by atoms with Crippen LogP contribution in [-0.2, 0) is 16.0 Å². The number of thiocarbonyl (C=S) groups is 1. The summed E-state index contributed by atoms with van der Waals surface area (Å²) in [7, 11) is 1.65. The van der Waals surface area contributed by atoms with Gasteiger partial charge in [-0.2, -0.15) is 0 Å². The largest absolute Gasteiger partial charge is 0.389 e. The number of nitrogens with two attached hydrogens (primary N) is 1. The van der Waals surface area contributed by atoms with Gasteiger partial charge in [0.1, 0.15) is 4.99 Å². The van der Waals surface area contributed by atoms with Gasteiger partial charge in [0.05, 0.1) is 13.0 Å². The van der Waals surface area contributed by atoms with Gasteiger partial charge in [0.25, 0.3) is 0 Å². The minimum atomic E-state index is 0.115. The van der Waals surface area contributed by atoms with Crippen molar-refractivity contribution in [1.82, 2.24) is 4.90 Å². The maximum absolute atomic E-state index is 12.4. The Morgan fingerprint density at radius 2 is 1.95 bits per heavy atom. The summed E-state index contributed by atoms with van der Waals surface area (Å²) in [6, 6.07) is 7.51. The predicted octanol–water partition coefficient (Wildman–Crippen LogP) is 1.99. The fraction of sp³-hybridized carbons (Fsp3) is 0.500. The molecule has 0 aliphatic heterocycles. The lowest BCUT2D eigenvalue weighted by molar-refractivity contribution is -0.131. The van der Waals surface area contributed by atoms with Gasteiger partial charge in [-0.05, 0) is 11.5 Å². The highest BCUT2D eigenvalue weighted by Gasteiger charge is 2.15. The number of hydrogen-bond donors (Lipinski definition) is 1. The maximum Gasteiger partial charge on any atom is 0.227 e. The Labute approximate surface area is 132 Å². The molecule has 1 aromatic carbocycles. The number of amides is 1. The minimum absolute atomic E-state index is 0.115. The Balaban J connectivity index is 2.68. The zero-order valence-corrected chi connectivity index (χ0v) is 13.8. The molecule has 116 valence electrons. The van der Waals surface area contributed by atoms with Crippen LogP contribution in [0.15, 0.2) is 24.3 Å². The van der Waals surface area contributed by atoms with Crippen molar-refractivity contribution in [1.29, 1.82) is 0 Å². The number of hydrogen-bond acceptors (Lipinski definition) is 3. The summed E-state index contributed by atoms with van der Waals surface area (Å²) in [5.41, 5.74) is 7.35. The molecule has 0 aliphatic carbocycles. The zero-order valence-electron chi connectivity index (χ0n) is 13.0. The number of carbonyl (C=O) groups is 1. The Morgan fingerprint density at radius 3 is 2.43 bits per heavy atom. The molecule has 1 amide bonds. The van der Waals surface area contributed by atoms with Crippen LogP contribution in [0, 0.1) is 5.92 Å². The molecule has 0 radical (unpaired) electrons. The van der Waals surface area contributed by atoms with Crippen molar-refractivity contribution in [2.75, 3.05) is 26.8 Å². The van der Waals surface area contributed by atoms with Gasteiger partial charge < -0.3 is 15.4 Å². The van der Waals surface area contributed by atoms with Crippen LogP contribution in [0.25, 0.3) is 0 Å². The molecular weight excluding hydrogens is 284 g/mol. The summed E-state index contributed by atoms with van der Waals surface area (Å²) >= 11 is 4.92. The van der Waals surface area contributed by atoms with E-state index in [1.54, 1.807) is 7.11 Å². The van der Waals surface area contributed by atoms with Gasteiger partial charge in [-0.15, -0.1) is 0 Å². The normalized spacial score (nSPS) is 10.7. The van der Waals surface area contributed by atoms with Gasteiger partial charge >= 0.3 is 0 Å². The molecule has 0 atom stereocenters. The van der Waals surface area contributed by atoms with Crippen LogP contribution in [0.3, 0.4) is 0 Å². The van der Waals surface area contributed by atoms with Crippen LogP contribution >= 0.6 is 12.2 Å². The van der Waals surface area contributed by atoms with E-state index in [1.165, 1.54) is 0 Å². The molecule has 5 heteroatoms. The van der Waals surface area contributed by atoms with Gasteiger partial charge in [-0.25, -0.2) is 0 Å². The average molecular weight is 308 g/mol. The molecule has 0 spiro atoms. The van der Waals surface area contributed by atoms with E-state index in [2.05, 4.69) is 13.8 Å². The third-order valence-corrected chi connectivity index (χ3v) is 3.33. The fourth-order valence-corrected chi connectivity index (χ4v) is 2.17. The zero-order chi connectivity index (χ0) is 15.8. The lowest BCUT2D eigenvalue weighted by atomic mass is 10.1. The summed E-state index contributed by atoms with van der Waals surface area (Å²) in [5.74, 6) is 0.548. The number of rotatable bonds is 8. The van der Waals surface area contributed by atoms with Gasteiger partial charge in [-0.1, -0.05) is 50.3 Å². The highest BCUT2D eigenvalue weighted by atomic mass is 32.1. The number of methoxy groups -OCH3 is 1. The van der Waals surface area contributed by atoms with E-state index in [9.17, 15) is 4.79 Å². The topological polar surface area (TPSA) is 55.6 Å². The molecule has 1 aromatic rings. The van der Waals surface area contributed by atoms with Crippen LogP contribution < -0.4 is 5.73 Å². The van der Waals surface area contributed by atoms with Crippen molar-refractivity contribution in [3.63, 3.8) is 0 Å². The van der Waals surface area contributed by atoms with Crippen LogP contribution in [-0.4, -0.2) is 42.6 Å². The van der Waals surface area contributed by atoms with E-state index in [4.69, 9.17) is 22.7 Å². The summed E-state index contributed by atoms with van der Waals surface area (Å²) in [4.78, 5) is 14.6. The summed E-state index contributed by atoms with van der Waals surface area (Å²) in [5, 5.41) is 0. The Hall–Kier alpha value is -1.46. The fourth-order valence-electron chi connectivity index (χ4n) is 2.03. The van der Waals surface area contributed by atoms with Crippen molar-refractivity contribution < 1.29 is 9.53 Å². The molecule has 21 heavy (non-hydrogen) atoms. The van der Waals surface area contributed by atoms with Gasteiger partial charge in [0.15, 0.2) is 0 Å². The molecule has 0 saturated heterocycles. The molecule has 0 unspecified atom stereocenters. The van der Waals surface area contributed by atoms with E-state index < -0.39 is 0 Å². The van der Waals surface area contributed by atoms with Crippen molar-refractivity contribution in [2.24, 2.45) is 11.7 Å². The molecule has 4 nitrogen and oxygen atoms in total.